The maximum absolute atomic E-state index is 6.52. The van der Waals surface area contributed by atoms with Crippen LogP contribution < -0.4 is 0 Å². The van der Waals surface area contributed by atoms with Crippen LogP contribution in [0.4, 0.5) is 0 Å². The summed E-state index contributed by atoms with van der Waals surface area (Å²) in [6.07, 6.45) is 0. The van der Waals surface area contributed by atoms with Gasteiger partial charge in [0, 0.05) is 27.5 Å². The number of rotatable bonds is 5. The van der Waals surface area contributed by atoms with Gasteiger partial charge in [-0.15, -0.1) is 0 Å². The molecule has 0 amide bonds. The first-order valence-corrected chi connectivity index (χ1v) is 17.1. The minimum Gasteiger partial charge on any atom is -0.456 e. The highest BCUT2D eigenvalue weighted by molar-refractivity contribution is 6.12. The van der Waals surface area contributed by atoms with Gasteiger partial charge in [-0.3, -0.25) is 0 Å². The Labute approximate surface area is 294 Å². The first kappa shape index (κ1) is 29.0. The molecular weight excluding hydrogens is 623 g/mol. The quantitative estimate of drug-likeness (QED) is 0.186. The number of hydrogen-bond donors (Lipinski definition) is 0. The van der Waals surface area contributed by atoms with E-state index in [1.807, 2.05) is 18.2 Å². The summed E-state index contributed by atoms with van der Waals surface area (Å²) >= 11 is 0. The van der Waals surface area contributed by atoms with Crippen molar-refractivity contribution < 1.29 is 4.42 Å². The third kappa shape index (κ3) is 5.22. The van der Waals surface area contributed by atoms with Gasteiger partial charge in [0.05, 0.1) is 0 Å². The zero-order chi connectivity index (χ0) is 33.7. The SMILES string of the molecule is c1ccc(-c2ccc(-c3ccc4c(c3)oc3cccc(-c5nc(-c6ccc7ccccc7c6)nc(-c6ccc7ccccc7c6)n5)c34)cc2)cc1. The maximum atomic E-state index is 6.52. The van der Waals surface area contributed by atoms with Crippen molar-refractivity contribution in [2.45, 2.75) is 0 Å². The number of benzene rings is 8. The fourth-order valence-corrected chi connectivity index (χ4v) is 7.09. The second-order valence-corrected chi connectivity index (χ2v) is 12.9. The zero-order valence-corrected chi connectivity index (χ0v) is 27.5. The van der Waals surface area contributed by atoms with Crippen LogP contribution >= 0.6 is 0 Å². The van der Waals surface area contributed by atoms with Crippen LogP contribution in [0.3, 0.4) is 0 Å². The van der Waals surface area contributed by atoms with Crippen molar-refractivity contribution in [3.8, 4) is 56.4 Å². The highest BCUT2D eigenvalue weighted by Crippen LogP contribution is 2.39. The summed E-state index contributed by atoms with van der Waals surface area (Å²) in [5.41, 5.74) is 9.01. The average molecular weight is 652 g/mol. The van der Waals surface area contributed by atoms with Crippen molar-refractivity contribution in [3.63, 3.8) is 0 Å². The van der Waals surface area contributed by atoms with Crippen molar-refractivity contribution >= 4 is 43.5 Å². The van der Waals surface area contributed by atoms with Gasteiger partial charge in [-0.1, -0.05) is 146 Å². The van der Waals surface area contributed by atoms with Crippen molar-refractivity contribution in [2.75, 3.05) is 0 Å². The average Bonchev–Trinajstić information content (AvgIpc) is 3.59. The summed E-state index contributed by atoms with van der Waals surface area (Å²) in [5, 5.41) is 6.62. The third-order valence-corrected chi connectivity index (χ3v) is 9.71. The molecular formula is C47H29N3O. The van der Waals surface area contributed by atoms with Gasteiger partial charge in [-0.2, -0.15) is 0 Å². The monoisotopic (exact) mass is 651 g/mol. The summed E-state index contributed by atoms with van der Waals surface area (Å²) in [6, 6.07) is 61.1. The van der Waals surface area contributed by atoms with Crippen LogP contribution in [0.2, 0.25) is 0 Å². The molecule has 8 aromatic carbocycles. The summed E-state index contributed by atoms with van der Waals surface area (Å²) < 4.78 is 6.52. The number of furan rings is 1. The van der Waals surface area contributed by atoms with Crippen molar-refractivity contribution in [1.82, 2.24) is 15.0 Å². The summed E-state index contributed by atoms with van der Waals surface area (Å²) in [5.74, 6) is 1.85. The van der Waals surface area contributed by atoms with Gasteiger partial charge < -0.3 is 4.42 Å². The van der Waals surface area contributed by atoms with Crippen LogP contribution in [0, 0.1) is 0 Å². The van der Waals surface area contributed by atoms with Crippen LogP contribution in [-0.4, -0.2) is 15.0 Å². The Balaban J connectivity index is 1.12. The second kappa shape index (κ2) is 11.9. The predicted octanol–water partition coefficient (Wildman–Crippen LogP) is 12.4. The molecule has 0 saturated carbocycles. The Morgan fingerprint density at radius 3 is 1.47 bits per heavy atom. The Morgan fingerprint density at radius 2 is 0.824 bits per heavy atom. The Kier molecular flexibility index (Phi) is 6.78. The van der Waals surface area contributed by atoms with Crippen LogP contribution in [0.5, 0.6) is 0 Å². The van der Waals surface area contributed by atoms with Gasteiger partial charge in [0.25, 0.3) is 0 Å². The molecule has 0 radical (unpaired) electrons. The first-order valence-electron chi connectivity index (χ1n) is 17.1. The summed E-state index contributed by atoms with van der Waals surface area (Å²) in [7, 11) is 0. The molecule has 2 aromatic heterocycles. The highest BCUT2D eigenvalue weighted by atomic mass is 16.3. The van der Waals surface area contributed by atoms with E-state index in [0.717, 1.165) is 60.5 Å². The van der Waals surface area contributed by atoms with Crippen LogP contribution in [-0.2, 0) is 0 Å². The molecule has 0 atom stereocenters. The normalized spacial score (nSPS) is 11.5. The van der Waals surface area contributed by atoms with E-state index in [1.165, 1.54) is 21.9 Å². The zero-order valence-electron chi connectivity index (χ0n) is 27.5. The topological polar surface area (TPSA) is 51.8 Å². The molecule has 0 N–H and O–H groups in total. The van der Waals surface area contributed by atoms with E-state index < -0.39 is 0 Å². The van der Waals surface area contributed by atoms with Gasteiger partial charge in [0.15, 0.2) is 17.5 Å². The predicted molar refractivity (Wildman–Crippen MR) is 209 cm³/mol. The molecule has 0 spiro atoms. The molecule has 4 heteroatoms. The number of aromatic nitrogens is 3. The smallest absolute Gasteiger partial charge is 0.164 e. The van der Waals surface area contributed by atoms with Gasteiger partial charge in [0.2, 0.25) is 0 Å². The lowest BCUT2D eigenvalue weighted by Gasteiger charge is -2.10. The van der Waals surface area contributed by atoms with Crippen LogP contribution in [0.25, 0.3) is 99.9 Å². The van der Waals surface area contributed by atoms with Gasteiger partial charge in [-0.25, -0.2) is 15.0 Å². The lowest BCUT2D eigenvalue weighted by atomic mass is 9.99. The van der Waals surface area contributed by atoms with E-state index in [4.69, 9.17) is 19.4 Å². The Hall–Kier alpha value is -6.91. The van der Waals surface area contributed by atoms with Crippen LogP contribution in [0.1, 0.15) is 0 Å². The first-order chi connectivity index (χ1) is 25.2. The van der Waals surface area contributed by atoms with E-state index in [9.17, 15) is 0 Å². The van der Waals surface area contributed by atoms with Gasteiger partial charge in [-0.05, 0) is 74.1 Å². The lowest BCUT2D eigenvalue weighted by Crippen LogP contribution is -2.00. The number of nitrogens with zero attached hydrogens (tertiary/aromatic N) is 3. The molecule has 0 fully saturated rings. The molecule has 238 valence electrons. The lowest BCUT2D eigenvalue weighted by molar-refractivity contribution is 0.669. The molecule has 0 unspecified atom stereocenters. The molecule has 0 aliphatic carbocycles. The van der Waals surface area contributed by atoms with E-state index in [-0.39, 0.29) is 0 Å². The minimum atomic E-state index is 0.602. The highest BCUT2D eigenvalue weighted by Gasteiger charge is 2.19. The van der Waals surface area contributed by atoms with E-state index >= 15 is 0 Å². The Morgan fingerprint density at radius 1 is 0.314 bits per heavy atom. The van der Waals surface area contributed by atoms with Crippen LogP contribution in [0.15, 0.2) is 180 Å². The molecule has 51 heavy (non-hydrogen) atoms. The molecule has 2 heterocycles. The molecule has 0 aliphatic rings. The summed E-state index contributed by atoms with van der Waals surface area (Å²) in [6.45, 7) is 0. The second-order valence-electron chi connectivity index (χ2n) is 12.9. The van der Waals surface area contributed by atoms with Crippen molar-refractivity contribution in [2.24, 2.45) is 0 Å². The number of fused-ring (bicyclic) bond motifs is 5. The molecule has 4 nitrogen and oxygen atoms in total. The molecule has 0 saturated heterocycles. The van der Waals surface area contributed by atoms with Gasteiger partial charge in [0.1, 0.15) is 11.2 Å². The van der Waals surface area contributed by atoms with E-state index in [2.05, 4.69) is 158 Å². The fourth-order valence-electron chi connectivity index (χ4n) is 7.09. The van der Waals surface area contributed by atoms with E-state index in [1.54, 1.807) is 0 Å². The largest absolute Gasteiger partial charge is 0.456 e. The third-order valence-electron chi connectivity index (χ3n) is 9.71. The molecule has 10 aromatic rings. The van der Waals surface area contributed by atoms with E-state index in [0.29, 0.717) is 17.5 Å². The number of hydrogen-bond acceptors (Lipinski definition) is 4. The molecule has 10 rings (SSSR count). The van der Waals surface area contributed by atoms with Crippen molar-refractivity contribution in [3.05, 3.63) is 176 Å². The minimum absolute atomic E-state index is 0.602. The van der Waals surface area contributed by atoms with Gasteiger partial charge >= 0.3 is 0 Å². The standard InChI is InChI=1S/C47H29N3O/c1-2-9-30(10-3-1)33-17-19-34(20-18-33)37-25-26-40-43(29-37)51-42-16-8-15-41(44(40)42)47-49-45(38-23-21-31-11-4-6-13-35(31)27-38)48-46(50-47)39-24-22-32-12-5-7-14-36(32)28-39/h1-29H. The Bertz CT molecular complexity index is 2810. The maximum Gasteiger partial charge on any atom is 0.164 e. The summed E-state index contributed by atoms with van der Waals surface area (Å²) in [4.78, 5) is 15.3. The van der Waals surface area contributed by atoms with Crippen molar-refractivity contribution in [1.29, 1.82) is 0 Å². The molecule has 0 aliphatic heterocycles. The molecule has 0 bridgehead atoms. The fraction of sp³-hybridized carbons (Fsp3) is 0.